The molecule has 1 aromatic rings. The van der Waals surface area contributed by atoms with Crippen LogP contribution in [0.2, 0.25) is 0 Å². The molecule has 0 aliphatic carbocycles. The van der Waals surface area contributed by atoms with Crippen LogP contribution in [0.15, 0.2) is 18.2 Å². The van der Waals surface area contributed by atoms with Gasteiger partial charge in [-0.25, -0.2) is 0 Å². The molecule has 1 aromatic carbocycles. The summed E-state index contributed by atoms with van der Waals surface area (Å²) in [5.41, 5.74) is 0.579. The van der Waals surface area contributed by atoms with E-state index in [1.165, 1.54) is 18.2 Å². The molecule has 0 spiro atoms. The molecule has 0 saturated heterocycles. The van der Waals surface area contributed by atoms with Gasteiger partial charge in [0.15, 0.2) is 0 Å². The number of carbonyl (C=O) groups is 1. The normalized spacial score (nSPS) is 11.4. The first-order valence-electron chi connectivity index (χ1n) is 6.11. The molecule has 7 nitrogen and oxygen atoms in total. The summed E-state index contributed by atoms with van der Waals surface area (Å²) in [7, 11) is 0. The van der Waals surface area contributed by atoms with E-state index in [1.54, 1.807) is 0 Å². The van der Waals surface area contributed by atoms with Gasteiger partial charge in [0.1, 0.15) is 6.07 Å². The number of nitrogens with zero attached hydrogens (tertiary/aromatic N) is 2. The van der Waals surface area contributed by atoms with Crippen molar-refractivity contribution in [1.29, 1.82) is 5.26 Å². The van der Waals surface area contributed by atoms with E-state index in [1.807, 2.05) is 13.0 Å². The third kappa shape index (κ3) is 4.57. The van der Waals surface area contributed by atoms with Gasteiger partial charge in [0.05, 0.1) is 16.2 Å². The molecular weight excluding hydrogens is 262 g/mol. The van der Waals surface area contributed by atoms with E-state index >= 15 is 0 Å². The molecule has 1 unspecified atom stereocenters. The Labute approximate surface area is 116 Å². The van der Waals surface area contributed by atoms with E-state index in [9.17, 15) is 14.9 Å². The topological polar surface area (TPSA) is 116 Å². The smallest absolute Gasteiger partial charge is 0.303 e. The van der Waals surface area contributed by atoms with Gasteiger partial charge in [0, 0.05) is 24.6 Å². The highest BCUT2D eigenvalue weighted by Crippen LogP contribution is 2.22. The molecule has 0 fully saturated rings. The van der Waals surface area contributed by atoms with Crippen LogP contribution >= 0.6 is 0 Å². The van der Waals surface area contributed by atoms with Gasteiger partial charge in [-0.05, 0) is 25.8 Å². The Morgan fingerprint density at radius 1 is 1.60 bits per heavy atom. The predicted octanol–water partition coefficient (Wildman–Crippen LogP) is 2.52. The van der Waals surface area contributed by atoms with Crippen LogP contribution in [0.3, 0.4) is 0 Å². The molecule has 0 bridgehead atoms. The molecule has 0 amide bonds. The van der Waals surface area contributed by atoms with E-state index in [4.69, 9.17) is 10.4 Å². The summed E-state index contributed by atoms with van der Waals surface area (Å²) in [5, 5.41) is 31.2. The van der Waals surface area contributed by atoms with Crippen molar-refractivity contribution >= 4 is 17.3 Å². The Hall–Kier alpha value is -2.62. The van der Waals surface area contributed by atoms with Crippen molar-refractivity contribution in [3.63, 3.8) is 0 Å². The van der Waals surface area contributed by atoms with Crippen molar-refractivity contribution in [3.8, 4) is 6.07 Å². The molecule has 1 rings (SSSR count). The minimum atomic E-state index is -0.842. The number of rotatable bonds is 7. The zero-order chi connectivity index (χ0) is 15.1. The molecular formula is C13H15N3O4. The lowest BCUT2D eigenvalue weighted by Crippen LogP contribution is -2.16. The third-order valence-corrected chi connectivity index (χ3v) is 2.76. The SMILES string of the molecule is CC(CCCC(=O)O)Nc1ccc([N+](=O)[O-])cc1C#N. The van der Waals surface area contributed by atoms with Crippen molar-refractivity contribution in [2.75, 3.05) is 5.32 Å². The highest BCUT2D eigenvalue weighted by Gasteiger charge is 2.12. The average molecular weight is 277 g/mol. The highest BCUT2D eigenvalue weighted by molar-refractivity contribution is 5.66. The molecule has 7 heteroatoms. The Morgan fingerprint density at radius 3 is 2.85 bits per heavy atom. The van der Waals surface area contributed by atoms with Crippen LogP contribution in [0.5, 0.6) is 0 Å². The molecule has 0 aliphatic heterocycles. The van der Waals surface area contributed by atoms with Crippen LogP contribution in [0.4, 0.5) is 11.4 Å². The summed E-state index contributed by atoms with van der Waals surface area (Å²) in [6.07, 6.45) is 1.25. The van der Waals surface area contributed by atoms with Crippen LogP contribution in [-0.4, -0.2) is 22.0 Å². The second-order valence-corrected chi connectivity index (χ2v) is 4.43. The zero-order valence-corrected chi connectivity index (χ0v) is 11.0. The van der Waals surface area contributed by atoms with Gasteiger partial charge in [0.2, 0.25) is 0 Å². The van der Waals surface area contributed by atoms with E-state index < -0.39 is 10.9 Å². The number of aliphatic carboxylic acids is 1. The number of carboxylic acid groups (broad SMARTS) is 1. The Bertz CT molecular complexity index is 551. The molecule has 106 valence electrons. The van der Waals surface area contributed by atoms with Gasteiger partial charge in [-0.15, -0.1) is 0 Å². The number of nitriles is 1. The first-order valence-corrected chi connectivity index (χ1v) is 6.11. The second kappa shape index (κ2) is 7.09. The Balaban J connectivity index is 2.70. The summed E-state index contributed by atoms with van der Waals surface area (Å²) in [5.74, 6) is -0.842. The molecule has 0 aliphatic rings. The van der Waals surface area contributed by atoms with Crippen LogP contribution < -0.4 is 5.32 Å². The summed E-state index contributed by atoms with van der Waals surface area (Å²) >= 11 is 0. The molecule has 0 heterocycles. The lowest BCUT2D eigenvalue weighted by atomic mass is 10.1. The fraction of sp³-hybridized carbons (Fsp3) is 0.385. The monoisotopic (exact) mass is 277 g/mol. The maximum Gasteiger partial charge on any atom is 0.303 e. The van der Waals surface area contributed by atoms with Crippen LogP contribution in [-0.2, 0) is 4.79 Å². The number of nitro groups is 1. The van der Waals surface area contributed by atoms with Crippen LogP contribution in [0.1, 0.15) is 31.7 Å². The molecule has 0 saturated carbocycles. The second-order valence-electron chi connectivity index (χ2n) is 4.43. The van der Waals surface area contributed by atoms with Gasteiger partial charge in [0.25, 0.3) is 5.69 Å². The summed E-state index contributed by atoms with van der Waals surface area (Å²) in [4.78, 5) is 20.5. The van der Waals surface area contributed by atoms with Crippen molar-refractivity contribution in [3.05, 3.63) is 33.9 Å². The minimum absolute atomic E-state index is 0.0251. The van der Waals surface area contributed by atoms with E-state index in [2.05, 4.69) is 5.32 Å². The molecule has 0 radical (unpaired) electrons. The van der Waals surface area contributed by atoms with E-state index in [-0.39, 0.29) is 23.7 Å². The van der Waals surface area contributed by atoms with Crippen molar-refractivity contribution in [2.24, 2.45) is 0 Å². The quantitative estimate of drug-likeness (QED) is 0.584. The number of nitro benzene ring substituents is 1. The van der Waals surface area contributed by atoms with Crippen molar-refractivity contribution in [2.45, 2.75) is 32.2 Å². The maximum absolute atomic E-state index is 10.6. The standard InChI is InChI=1S/C13H15N3O4/c1-9(3-2-4-13(17)18)15-12-6-5-11(16(19)20)7-10(12)8-14/h5-7,9,15H,2-4H2,1H3,(H,17,18). The number of hydrogen-bond acceptors (Lipinski definition) is 5. The minimum Gasteiger partial charge on any atom is -0.481 e. The number of nitrogens with one attached hydrogen (secondary N) is 1. The van der Waals surface area contributed by atoms with Crippen LogP contribution in [0, 0.1) is 21.4 Å². The zero-order valence-electron chi connectivity index (χ0n) is 11.0. The summed E-state index contributed by atoms with van der Waals surface area (Å²) in [6.45, 7) is 1.87. The number of carboxylic acids is 1. The average Bonchev–Trinajstić information content (AvgIpc) is 2.38. The van der Waals surface area contributed by atoms with Crippen molar-refractivity contribution in [1.82, 2.24) is 0 Å². The Morgan fingerprint density at radius 2 is 2.30 bits per heavy atom. The predicted molar refractivity (Wildman–Crippen MR) is 72.4 cm³/mol. The number of benzene rings is 1. The third-order valence-electron chi connectivity index (χ3n) is 2.76. The van der Waals surface area contributed by atoms with Gasteiger partial charge in [-0.2, -0.15) is 5.26 Å². The Kier molecular flexibility index (Phi) is 5.47. The first-order chi connectivity index (χ1) is 9.43. The first kappa shape index (κ1) is 15.4. The summed E-state index contributed by atoms with van der Waals surface area (Å²) < 4.78 is 0. The highest BCUT2D eigenvalue weighted by atomic mass is 16.6. The van der Waals surface area contributed by atoms with E-state index in [0.717, 1.165) is 0 Å². The van der Waals surface area contributed by atoms with Gasteiger partial charge < -0.3 is 10.4 Å². The fourth-order valence-electron chi connectivity index (χ4n) is 1.76. The van der Waals surface area contributed by atoms with Gasteiger partial charge in [-0.1, -0.05) is 0 Å². The number of anilines is 1. The largest absolute Gasteiger partial charge is 0.481 e. The molecule has 0 aromatic heterocycles. The molecule has 1 atom stereocenters. The van der Waals surface area contributed by atoms with Gasteiger partial charge in [-0.3, -0.25) is 14.9 Å². The van der Waals surface area contributed by atoms with E-state index in [0.29, 0.717) is 18.5 Å². The van der Waals surface area contributed by atoms with Crippen molar-refractivity contribution < 1.29 is 14.8 Å². The fourth-order valence-corrected chi connectivity index (χ4v) is 1.76. The lowest BCUT2D eigenvalue weighted by molar-refractivity contribution is -0.384. The lowest BCUT2D eigenvalue weighted by Gasteiger charge is -2.15. The number of non-ortho nitro benzene ring substituents is 1. The maximum atomic E-state index is 10.6. The van der Waals surface area contributed by atoms with Crippen LogP contribution in [0.25, 0.3) is 0 Å². The molecule has 2 N–H and O–H groups in total. The number of hydrogen-bond donors (Lipinski definition) is 2. The molecule has 20 heavy (non-hydrogen) atoms. The summed E-state index contributed by atoms with van der Waals surface area (Å²) in [6, 6.07) is 5.92. The van der Waals surface area contributed by atoms with Gasteiger partial charge >= 0.3 is 5.97 Å².